The average Bonchev–Trinajstić information content (AvgIpc) is 3.08. The first-order valence-corrected chi connectivity index (χ1v) is 18.7. The molecule has 0 aromatic heterocycles. The lowest BCUT2D eigenvalue weighted by atomic mass is 9.81. The van der Waals surface area contributed by atoms with Gasteiger partial charge in [0.1, 0.15) is 0 Å². The first-order chi connectivity index (χ1) is 23.1. The molecule has 1 heterocycles. The van der Waals surface area contributed by atoms with Crippen LogP contribution in [0.3, 0.4) is 0 Å². The molecule has 3 rings (SSSR count). The lowest BCUT2D eigenvalue weighted by molar-refractivity contribution is -0.127. The molecule has 5 atom stereocenters. The highest BCUT2D eigenvalue weighted by Crippen LogP contribution is 2.35. The summed E-state index contributed by atoms with van der Waals surface area (Å²) in [6.45, 7) is 8.48. The fourth-order valence-corrected chi connectivity index (χ4v) is 7.41. The quantitative estimate of drug-likeness (QED) is 0.125. The predicted molar refractivity (Wildman–Crippen MR) is 190 cm³/mol. The van der Waals surface area contributed by atoms with E-state index in [1.54, 1.807) is 0 Å². The number of benzene rings is 1. The molecule has 1 saturated heterocycles. The number of urea groups is 1. The molecular weight excluding hydrogens is 632 g/mol. The maximum absolute atomic E-state index is 13.9. The van der Waals surface area contributed by atoms with Crippen molar-refractivity contribution in [3.05, 3.63) is 34.9 Å². The number of likely N-dealkylation sites (tertiary alicyclic amines) is 1. The molecule has 0 bridgehead atoms. The number of nitrogens with zero attached hydrogens (tertiary/aromatic N) is 1. The summed E-state index contributed by atoms with van der Waals surface area (Å²) in [5.74, 6) is 0.148. The zero-order chi connectivity index (χ0) is 34.9. The molecule has 1 aromatic rings. The maximum Gasteiger partial charge on any atom is 0.406 e. The minimum absolute atomic E-state index is 0.00420. The molecule has 48 heavy (non-hydrogen) atoms. The summed E-state index contributed by atoms with van der Waals surface area (Å²) < 4.78 is 11.0. The molecule has 1 aromatic carbocycles. The SMILES string of the molecule is CCCCCNC(=O)C(CC(O)C(CC1CCCCC1)NC(=O)N1CCCC(C(OCCNC(=O)OC)c2cccc(Cl)c2)C1)C(C)C. The Morgan fingerprint density at radius 1 is 1.04 bits per heavy atom. The van der Waals surface area contributed by atoms with Gasteiger partial charge in [-0.15, -0.1) is 0 Å². The third-order valence-electron chi connectivity index (χ3n) is 10.0. The van der Waals surface area contributed by atoms with Gasteiger partial charge in [-0.2, -0.15) is 0 Å². The van der Waals surface area contributed by atoms with E-state index >= 15 is 0 Å². The molecule has 1 aliphatic carbocycles. The summed E-state index contributed by atoms with van der Waals surface area (Å²) in [4.78, 5) is 40.5. The zero-order valence-corrected chi connectivity index (χ0v) is 30.4. The fraction of sp³-hybridized carbons (Fsp3) is 0.757. The third-order valence-corrected chi connectivity index (χ3v) is 10.2. The zero-order valence-electron chi connectivity index (χ0n) is 29.7. The van der Waals surface area contributed by atoms with Crippen LogP contribution in [0.25, 0.3) is 0 Å². The van der Waals surface area contributed by atoms with E-state index in [0.29, 0.717) is 43.4 Å². The number of methoxy groups -OCH3 is 1. The number of ether oxygens (including phenoxy) is 2. The molecule has 5 unspecified atom stereocenters. The van der Waals surface area contributed by atoms with Gasteiger partial charge in [-0.25, -0.2) is 9.59 Å². The lowest BCUT2D eigenvalue weighted by Gasteiger charge is -2.39. The van der Waals surface area contributed by atoms with Crippen molar-refractivity contribution in [3.63, 3.8) is 0 Å². The number of rotatable bonds is 18. The van der Waals surface area contributed by atoms with Crippen molar-refractivity contribution in [1.82, 2.24) is 20.9 Å². The molecule has 11 heteroatoms. The van der Waals surface area contributed by atoms with Gasteiger partial charge in [0.2, 0.25) is 5.91 Å². The van der Waals surface area contributed by atoms with Crippen LogP contribution in [0.5, 0.6) is 0 Å². The molecule has 0 spiro atoms. The Labute approximate surface area is 293 Å². The van der Waals surface area contributed by atoms with Crippen LogP contribution in [0.2, 0.25) is 5.02 Å². The molecule has 2 fully saturated rings. The van der Waals surface area contributed by atoms with Crippen LogP contribution < -0.4 is 16.0 Å². The van der Waals surface area contributed by atoms with E-state index in [9.17, 15) is 19.5 Å². The lowest BCUT2D eigenvalue weighted by Crippen LogP contribution is -2.53. The van der Waals surface area contributed by atoms with E-state index < -0.39 is 18.2 Å². The summed E-state index contributed by atoms with van der Waals surface area (Å²) in [7, 11) is 1.32. The van der Waals surface area contributed by atoms with Crippen LogP contribution in [0.4, 0.5) is 9.59 Å². The van der Waals surface area contributed by atoms with Gasteiger partial charge < -0.3 is 35.4 Å². The summed E-state index contributed by atoms with van der Waals surface area (Å²) in [5, 5.41) is 21.3. The minimum Gasteiger partial charge on any atom is -0.453 e. The number of carbonyl (C=O) groups excluding carboxylic acids is 3. The van der Waals surface area contributed by atoms with Gasteiger partial charge in [0, 0.05) is 43.0 Å². The highest BCUT2D eigenvalue weighted by molar-refractivity contribution is 6.30. The number of nitrogens with one attached hydrogen (secondary N) is 3. The van der Waals surface area contributed by atoms with Crippen LogP contribution in [-0.4, -0.2) is 80.1 Å². The van der Waals surface area contributed by atoms with Gasteiger partial charge >= 0.3 is 12.1 Å². The van der Waals surface area contributed by atoms with E-state index in [-0.39, 0.29) is 48.9 Å². The van der Waals surface area contributed by atoms with Crippen molar-refractivity contribution < 1.29 is 29.0 Å². The monoisotopic (exact) mass is 692 g/mol. The van der Waals surface area contributed by atoms with E-state index in [1.165, 1.54) is 26.4 Å². The molecular formula is C37H61ClN4O6. The Morgan fingerprint density at radius 3 is 2.50 bits per heavy atom. The fourth-order valence-electron chi connectivity index (χ4n) is 7.21. The summed E-state index contributed by atoms with van der Waals surface area (Å²) in [6.07, 6.45) is 9.87. The van der Waals surface area contributed by atoms with Gasteiger partial charge in [-0.05, 0) is 61.6 Å². The Bertz CT molecular complexity index is 1120. The molecule has 0 radical (unpaired) electrons. The summed E-state index contributed by atoms with van der Waals surface area (Å²) in [6, 6.07) is 6.94. The largest absolute Gasteiger partial charge is 0.453 e. The van der Waals surface area contributed by atoms with Crippen molar-refractivity contribution in [1.29, 1.82) is 0 Å². The number of amides is 4. The first kappa shape index (κ1) is 39.9. The summed E-state index contributed by atoms with van der Waals surface area (Å²) >= 11 is 6.36. The minimum atomic E-state index is -0.838. The normalized spacial score (nSPS) is 19.6. The van der Waals surface area contributed by atoms with Gasteiger partial charge in [0.15, 0.2) is 0 Å². The van der Waals surface area contributed by atoms with Gasteiger partial charge in [-0.1, -0.05) is 89.5 Å². The molecule has 4 N–H and O–H groups in total. The Morgan fingerprint density at radius 2 is 1.81 bits per heavy atom. The predicted octanol–water partition coefficient (Wildman–Crippen LogP) is 6.84. The summed E-state index contributed by atoms with van der Waals surface area (Å²) in [5.41, 5.74) is 0.922. The van der Waals surface area contributed by atoms with Crippen molar-refractivity contribution in [2.75, 3.05) is 39.9 Å². The average molecular weight is 693 g/mol. The van der Waals surface area contributed by atoms with Gasteiger partial charge in [0.25, 0.3) is 0 Å². The number of halogens is 1. The first-order valence-electron chi connectivity index (χ1n) is 18.3. The second-order valence-corrected chi connectivity index (χ2v) is 14.5. The molecule has 1 aliphatic heterocycles. The van der Waals surface area contributed by atoms with Crippen LogP contribution in [0.1, 0.15) is 109 Å². The Kier molecular flexibility index (Phi) is 17.9. The van der Waals surface area contributed by atoms with E-state index in [2.05, 4.69) is 27.6 Å². The Hall–Kier alpha value is -2.56. The number of aliphatic hydroxyl groups is 1. The standard InChI is InChI=1S/C37H61ClN4O6/c1-5-6-10-18-39-35(44)31(26(2)3)24-33(43)32(22-27-13-8-7-9-14-27)41-36(45)42-20-12-16-29(25-42)34(28-15-11-17-30(38)23-28)48-21-19-40-37(46)47-4/h11,15,17,23,26-27,29,31-34,43H,5-10,12-14,16,18-22,24-25H2,1-4H3,(H,39,44)(H,40,46)(H,41,45). The number of hydrogen-bond acceptors (Lipinski definition) is 6. The second-order valence-electron chi connectivity index (χ2n) is 14.1. The third kappa shape index (κ3) is 13.4. The second kappa shape index (κ2) is 21.5. The van der Waals surface area contributed by atoms with Crippen LogP contribution in [-0.2, 0) is 14.3 Å². The Balaban J connectivity index is 1.71. The van der Waals surface area contributed by atoms with Crippen molar-refractivity contribution in [3.8, 4) is 0 Å². The molecule has 1 saturated carbocycles. The van der Waals surface area contributed by atoms with Crippen LogP contribution >= 0.6 is 11.6 Å². The van der Waals surface area contributed by atoms with Gasteiger partial charge in [0.05, 0.1) is 32.0 Å². The molecule has 2 aliphatic rings. The number of carbonyl (C=O) groups is 3. The highest BCUT2D eigenvalue weighted by atomic mass is 35.5. The van der Waals surface area contributed by atoms with E-state index in [1.807, 2.05) is 43.0 Å². The number of piperidine rings is 1. The van der Waals surface area contributed by atoms with Crippen molar-refractivity contribution in [2.45, 2.75) is 116 Å². The smallest absolute Gasteiger partial charge is 0.406 e. The number of aliphatic hydroxyl groups excluding tert-OH is 1. The van der Waals surface area contributed by atoms with E-state index in [4.69, 9.17) is 16.3 Å². The molecule has 4 amide bonds. The number of hydrogen-bond donors (Lipinski definition) is 4. The van der Waals surface area contributed by atoms with Gasteiger partial charge in [-0.3, -0.25) is 4.79 Å². The molecule has 272 valence electrons. The number of unbranched alkanes of at least 4 members (excludes halogenated alkanes) is 2. The van der Waals surface area contributed by atoms with Crippen LogP contribution in [0, 0.1) is 23.7 Å². The molecule has 10 nitrogen and oxygen atoms in total. The highest BCUT2D eigenvalue weighted by Gasteiger charge is 2.35. The van der Waals surface area contributed by atoms with Crippen LogP contribution in [0.15, 0.2) is 24.3 Å². The number of alkyl carbamates (subject to hydrolysis) is 1. The van der Waals surface area contributed by atoms with E-state index in [0.717, 1.165) is 50.5 Å². The topological polar surface area (TPSA) is 129 Å². The maximum atomic E-state index is 13.9. The van der Waals surface area contributed by atoms with Crippen molar-refractivity contribution >= 4 is 29.6 Å². The van der Waals surface area contributed by atoms with Crippen molar-refractivity contribution in [2.24, 2.45) is 23.7 Å².